The highest BCUT2D eigenvalue weighted by Crippen LogP contribution is 2.32. The Labute approximate surface area is 151 Å². The van der Waals surface area contributed by atoms with Crippen LogP contribution in [0.15, 0.2) is 46.7 Å². The van der Waals surface area contributed by atoms with Crippen LogP contribution in [0.1, 0.15) is 4.88 Å². The molecule has 1 aromatic heterocycles. The number of imide groups is 1. The Morgan fingerprint density at radius 2 is 2.00 bits per heavy atom. The molecule has 0 spiro atoms. The average molecular weight is 379 g/mol. The van der Waals surface area contributed by atoms with Crippen LogP contribution < -0.4 is 5.32 Å². The van der Waals surface area contributed by atoms with Crippen molar-refractivity contribution in [3.8, 4) is 0 Å². The first-order valence-electron chi connectivity index (χ1n) is 6.88. The molecule has 2 aromatic rings. The molecule has 5 nitrogen and oxygen atoms in total. The molecule has 0 aliphatic carbocycles. The zero-order valence-corrected chi connectivity index (χ0v) is 14.6. The van der Waals surface area contributed by atoms with Crippen molar-refractivity contribution < 1.29 is 14.4 Å². The van der Waals surface area contributed by atoms with Gasteiger partial charge in [-0.25, -0.2) is 0 Å². The van der Waals surface area contributed by atoms with Gasteiger partial charge in [-0.1, -0.05) is 29.8 Å². The summed E-state index contributed by atoms with van der Waals surface area (Å²) in [5.41, 5.74) is 0.435. The predicted octanol–water partition coefficient (Wildman–Crippen LogP) is 4.08. The summed E-state index contributed by atoms with van der Waals surface area (Å²) < 4.78 is 0. The summed E-state index contributed by atoms with van der Waals surface area (Å²) in [6, 6.07) is 10.5. The summed E-state index contributed by atoms with van der Waals surface area (Å²) in [5.74, 6) is -0.949. The van der Waals surface area contributed by atoms with Gasteiger partial charge < -0.3 is 5.32 Å². The molecule has 1 aliphatic heterocycles. The first-order chi connectivity index (χ1) is 11.5. The third-order valence-electron chi connectivity index (χ3n) is 3.14. The smallest absolute Gasteiger partial charge is 0.294 e. The summed E-state index contributed by atoms with van der Waals surface area (Å²) >= 11 is 8.27. The van der Waals surface area contributed by atoms with Crippen LogP contribution in [-0.2, 0) is 9.59 Å². The molecule has 1 fully saturated rings. The molecule has 0 radical (unpaired) electrons. The van der Waals surface area contributed by atoms with Gasteiger partial charge in [0.2, 0.25) is 5.91 Å². The van der Waals surface area contributed by atoms with Gasteiger partial charge in [-0.05, 0) is 41.4 Å². The number of amides is 3. The van der Waals surface area contributed by atoms with Crippen molar-refractivity contribution in [2.45, 2.75) is 0 Å². The molecular formula is C16H11ClN2O3S2. The molecule has 3 rings (SSSR count). The van der Waals surface area contributed by atoms with E-state index in [4.69, 9.17) is 11.6 Å². The Bertz CT molecular complexity index is 834. The monoisotopic (exact) mass is 378 g/mol. The fourth-order valence-electron chi connectivity index (χ4n) is 2.03. The molecule has 1 N–H and O–H groups in total. The summed E-state index contributed by atoms with van der Waals surface area (Å²) in [6.07, 6.45) is 1.65. The molecule has 3 amide bonds. The van der Waals surface area contributed by atoms with Crippen molar-refractivity contribution >= 4 is 63.5 Å². The van der Waals surface area contributed by atoms with Crippen molar-refractivity contribution in [2.24, 2.45) is 0 Å². The van der Waals surface area contributed by atoms with E-state index >= 15 is 0 Å². The fraction of sp³-hybridized carbons (Fsp3) is 0.0625. The van der Waals surface area contributed by atoms with Gasteiger partial charge in [-0.15, -0.1) is 11.3 Å². The molecule has 8 heteroatoms. The highest BCUT2D eigenvalue weighted by Gasteiger charge is 2.36. The van der Waals surface area contributed by atoms with E-state index in [1.807, 2.05) is 17.5 Å². The lowest BCUT2D eigenvalue weighted by Crippen LogP contribution is -2.36. The van der Waals surface area contributed by atoms with Crippen LogP contribution in [0.4, 0.5) is 10.5 Å². The third-order valence-corrected chi connectivity index (χ3v) is 5.20. The molecule has 0 saturated carbocycles. The number of hydrogen-bond donors (Lipinski definition) is 1. The molecule has 1 aromatic carbocycles. The van der Waals surface area contributed by atoms with Gasteiger partial charge in [-0.2, -0.15) is 0 Å². The predicted molar refractivity (Wildman–Crippen MR) is 97.1 cm³/mol. The van der Waals surface area contributed by atoms with Gasteiger partial charge in [-0.3, -0.25) is 19.3 Å². The zero-order valence-electron chi connectivity index (χ0n) is 12.2. The van der Waals surface area contributed by atoms with E-state index in [2.05, 4.69) is 5.32 Å². The average Bonchev–Trinajstić information content (AvgIpc) is 3.14. The van der Waals surface area contributed by atoms with Crippen LogP contribution in [-0.4, -0.2) is 28.5 Å². The minimum Gasteiger partial charge on any atom is -0.323 e. The Hall–Kier alpha value is -2.09. The van der Waals surface area contributed by atoms with E-state index in [-0.39, 0.29) is 6.54 Å². The quantitative estimate of drug-likeness (QED) is 0.814. The van der Waals surface area contributed by atoms with Crippen LogP contribution in [0.2, 0.25) is 5.02 Å². The van der Waals surface area contributed by atoms with E-state index in [9.17, 15) is 14.4 Å². The van der Waals surface area contributed by atoms with E-state index in [0.717, 1.165) is 21.5 Å². The molecule has 0 unspecified atom stereocenters. The van der Waals surface area contributed by atoms with E-state index in [1.165, 1.54) is 11.3 Å². The number of carbonyl (C=O) groups excluding carboxylic acids is 3. The SMILES string of the molecule is O=C(CN1C(=O)S/C(=C/c2cccs2)C1=O)Nc1ccccc1Cl. The second-order valence-corrected chi connectivity index (χ2v) is 7.19. The van der Waals surface area contributed by atoms with Gasteiger partial charge >= 0.3 is 0 Å². The largest absolute Gasteiger partial charge is 0.323 e. The molecule has 2 heterocycles. The number of benzene rings is 1. The first kappa shape index (κ1) is 16.8. The standard InChI is InChI=1S/C16H11ClN2O3S2/c17-11-5-1-2-6-12(11)18-14(20)9-19-15(21)13(24-16(19)22)8-10-4-3-7-23-10/h1-8H,9H2,(H,18,20)/b13-8+. The maximum absolute atomic E-state index is 12.3. The number of nitrogens with zero attached hydrogens (tertiary/aromatic N) is 1. The number of thioether (sulfide) groups is 1. The number of para-hydroxylation sites is 1. The summed E-state index contributed by atoms with van der Waals surface area (Å²) in [5, 5.41) is 4.40. The van der Waals surface area contributed by atoms with Gasteiger partial charge in [0.1, 0.15) is 6.54 Å². The van der Waals surface area contributed by atoms with Crippen LogP contribution >= 0.6 is 34.7 Å². The molecule has 24 heavy (non-hydrogen) atoms. The molecule has 1 aliphatic rings. The Kier molecular flexibility index (Phi) is 5.03. The maximum atomic E-state index is 12.3. The molecular weight excluding hydrogens is 368 g/mol. The maximum Gasteiger partial charge on any atom is 0.294 e. The number of anilines is 1. The van der Waals surface area contributed by atoms with Crippen LogP contribution in [0, 0.1) is 0 Å². The van der Waals surface area contributed by atoms with E-state index in [0.29, 0.717) is 15.6 Å². The molecule has 1 saturated heterocycles. The second-order valence-electron chi connectivity index (χ2n) is 4.81. The second kappa shape index (κ2) is 7.21. The topological polar surface area (TPSA) is 66.5 Å². The van der Waals surface area contributed by atoms with Gasteiger partial charge in [0.15, 0.2) is 0 Å². The Morgan fingerprint density at radius 1 is 1.21 bits per heavy atom. The van der Waals surface area contributed by atoms with Crippen molar-refractivity contribution in [1.82, 2.24) is 4.90 Å². The van der Waals surface area contributed by atoms with Crippen LogP contribution in [0.3, 0.4) is 0 Å². The van der Waals surface area contributed by atoms with Gasteiger partial charge in [0, 0.05) is 4.88 Å². The van der Waals surface area contributed by atoms with Crippen molar-refractivity contribution in [3.63, 3.8) is 0 Å². The minimum absolute atomic E-state index is 0.313. The number of hydrogen-bond acceptors (Lipinski definition) is 5. The Morgan fingerprint density at radius 3 is 2.71 bits per heavy atom. The molecule has 122 valence electrons. The van der Waals surface area contributed by atoms with E-state index < -0.39 is 17.1 Å². The number of carbonyl (C=O) groups is 3. The fourth-order valence-corrected chi connectivity index (χ4v) is 3.78. The Balaban J connectivity index is 1.69. The first-order valence-corrected chi connectivity index (χ1v) is 8.95. The minimum atomic E-state index is -0.484. The van der Waals surface area contributed by atoms with Crippen molar-refractivity contribution in [1.29, 1.82) is 0 Å². The van der Waals surface area contributed by atoms with Crippen molar-refractivity contribution in [3.05, 3.63) is 56.6 Å². The number of rotatable bonds is 4. The highest BCUT2D eigenvalue weighted by molar-refractivity contribution is 8.18. The van der Waals surface area contributed by atoms with Crippen molar-refractivity contribution in [2.75, 3.05) is 11.9 Å². The lowest BCUT2D eigenvalue weighted by atomic mass is 10.3. The third kappa shape index (κ3) is 3.69. The van der Waals surface area contributed by atoms with Crippen LogP contribution in [0.25, 0.3) is 6.08 Å². The summed E-state index contributed by atoms with van der Waals surface area (Å²) in [6.45, 7) is -0.350. The highest BCUT2D eigenvalue weighted by atomic mass is 35.5. The lowest BCUT2D eigenvalue weighted by Gasteiger charge is -2.13. The number of nitrogens with one attached hydrogen (secondary N) is 1. The van der Waals surface area contributed by atoms with Crippen LogP contribution in [0.5, 0.6) is 0 Å². The summed E-state index contributed by atoms with van der Waals surface area (Å²) in [4.78, 5) is 38.5. The normalized spacial score (nSPS) is 16.0. The molecule has 0 bridgehead atoms. The van der Waals surface area contributed by atoms with E-state index in [1.54, 1.807) is 30.3 Å². The summed E-state index contributed by atoms with van der Waals surface area (Å²) in [7, 11) is 0. The number of halogens is 1. The lowest BCUT2D eigenvalue weighted by molar-refractivity contribution is -0.127. The molecule has 0 atom stereocenters. The van der Waals surface area contributed by atoms with Gasteiger partial charge in [0.25, 0.3) is 11.1 Å². The zero-order chi connectivity index (χ0) is 17.1. The number of thiophene rings is 1. The van der Waals surface area contributed by atoms with Gasteiger partial charge in [0.05, 0.1) is 15.6 Å².